The lowest BCUT2D eigenvalue weighted by molar-refractivity contribution is 0.647. The lowest BCUT2D eigenvalue weighted by Crippen LogP contribution is -1.97. The molecule has 0 aliphatic heterocycles. The average Bonchev–Trinajstić information content (AvgIpc) is 2.88. The highest BCUT2D eigenvalue weighted by atomic mass is 15.3. The van der Waals surface area contributed by atoms with Gasteiger partial charge in [0.25, 0.3) is 0 Å². The number of anilines is 1. The van der Waals surface area contributed by atoms with E-state index in [4.69, 9.17) is 5.73 Å². The van der Waals surface area contributed by atoms with Crippen molar-refractivity contribution in [3.8, 4) is 11.3 Å². The van der Waals surface area contributed by atoms with E-state index in [1.807, 2.05) is 13.5 Å². The molecule has 1 radical (unpaired) electrons. The SMILES string of the molecule is C[CH]n1nc(-c2ccc(CC(C)C)cc2)c2c(N)ncnc21. The third kappa shape index (κ3) is 2.54. The van der Waals surface area contributed by atoms with Gasteiger partial charge in [-0.05, 0) is 24.8 Å². The molecule has 0 fully saturated rings. The number of fused-ring (bicyclic) bond motifs is 1. The number of hydrogen-bond donors (Lipinski definition) is 1. The molecular weight excluding hydrogens is 274 g/mol. The maximum atomic E-state index is 6.04. The lowest BCUT2D eigenvalue weighted by atomic mass is 10.0. The van der Waals surface area contributed by atoms with Crippen LogP contribution in [-0.2, 0) is 6.42 Å². The monoisotopic (exact) mass is 294 g/mol. The smallest absolute Gasteiger partial charge is 0.164 e. The first-order valence-electron chi connectivity index (χ1n) is 7.47. The summed E-state index contributed by atoms with van der Waals surface area (Å²) in [5, 5.41) is 5.41. The van der Waals surface area contributed by atoms with E-state index in [2.05, 4.69) is 53.2 Å². The molecule has 0 unspecified atom stereocenters. The Kier molecular flexibility index (Phi) is 3.79. The quantitative estimate of drug-likeness (QED) is 0.801. The maximum Gasteiger partial charge on any atom is 0.164 e. The van der Waals surface area contributed by atoms with Crippen molar-refractivity contribution in [3.63, 3.8) is 0 Å². The largest absolute Gasteiger partial charge is 0.383 e. The zero-order valence-corrected chi connectivity index (χ0v) is 13.1. The molecule has 0 bridgehead atoms. The van der Waals surface area contributed by atoms with Gasteiger partial charge >= 0.3 is 0 Å². The molecule has 0 aliphatic carbocycles. The Labute approximate surface area is 130 Å². The van der Waals surface area contributed by atoms with Crippen LogP contribution in [0.1, 0.15) is 26.3 Å². The highest BCUT2D eigenvalue weighted by Gasteiger charge is 2.16. The van der Waals surface area contributed by atoms with Crippen molar-refractivity contribution in [1.29, 1.82) is 0 Å². The summed E-state index contributed by atoms with van der Waals surface area (Å²) in [5.74, 6) is 1.10. The number of nitrogens with two attached hydrogens (primary N) is 1. The highest BCUT2D eigenvalue weighted by molar-refractivity contribution is 5.98. The second-order valence-electron chi connectivity index (χ2n) is 5.80. The van der Waals surface area contributed by atoms with E-state index in [9.17, 15) is 0 Å². The molecule has 0 spiro atoms. The molecule has 3 aromatic rings. The molecule has 0 atom stereocenters. The predicted octanol–water partition coefficient (Wildman–Crippen LogP) is 3.30. The van der Waals surface area contributed by atoms with Crippen molar-refractivity contribution in [1.82, 2.24) is 19.7 Å². The van der Waals surface area contributed by atoms with Crippen molar-refractivity contribution < 1.29 is 0 Å². The average molecular weight is 294 g/mol. The Balaban J connectivity index is 2.10. The summed E-state index contributed by atoms with van der Waals surface area (Å²) in [7, 11) is 0. The first-order chi connectivity index (χ1) is 10.6. The molecule has 22 heavy (non-hydrogen) atoms. The summed E-state index contributed by atoms with van der Waals surface area (Å²) in [6.07, 6.45) is 2.54. The maximum absolute atomic E-state index is 6.04. The Bertz CT molecular complexity index is 787. The summed E-state index contributed by atoms with van der Waals surface area (Å²) in [6.45, 7) is 8.22. The highest BCUT2D eigenvalue weighted by Crippen LogP contribution is 2.30. The molecule has 3 rings (SSSR count). The minimum absolute atomic E-state index is 0.458. The van der Waals surface area contributed by atoms with Crippen LogP contribution in [0.3, 0.4) is 0 Å². The lowest BCUT2D eigenvalue weighted by Gasteiger charge is -2.05. The first kappa shape index (κ1) is 14.5. The number of hydrogen-bond acceptors (Lipinski definition) is 4. The zero-order chi connectivity index (χ0) is 15.7. The van der Waals surface area contributed by atoms with Crippen LogP contribution in [0.15, 0.2) is 30.6 Å². The molecule has 0 saturated heterocycles. The second-order valence-corrected chi connectivity index (χ2v) is 5.80. The van der Waals surface area contributed by atoms with Crippen molar-refractivity contribution >= 4 is 16.9 Å². The van der Waals surface area contributed by atoms with Gasteiger partial charge in [-0.2, -0.15) is 5.10 Å². The van der Waals surface area contributed by atoms with Gasteiger partial charge < -0.3 is 5.73 Å². The van der Waals surface area contributed by atoms with Gasteiger partial charge in [-0.15, -0.1) is 0 Å². The fraction of sp³-hybridized carbons (Fsp3) is 0.294. The van der Waals surface area contributed by atoms with Crippen LogP contribution in [0.25, 0.3) is 22.3 Å². The third-order valence-corrected chi connectivity index (χ3v) is 3.63. The van der Waals surface area contributed by atoms with Crippen LogP contribution in [0.5, 0.6) is 0 Å². The van der Waals surface area contributed by atoms with Crippen molar-refractivity contribution in [2.24, 2.45) is 5.92 Å². The number of aromatic nitrogens is 4. The normalized spacial score (nSPS) is 11.5. The van der Waals surface area contributed by atoms with Gasteiger partial charge in [-0.1, -0.05) is 38.1 Å². The molecule has 0 saturated carbocycles. The van der Waals surface area contributed by atoms with E-state index in [1.54, 1.807) is 4.68 Å². The summed E-state index contributed by atoms with van der Waals surface area (Å²) in [4.78, 5) is 8.39. The molecule has 1 aromatic carbocycles. The van der Waals surface area contributed by atoms with E-state index in [0.717, 1.165) is 28.7 Å². The summed E-state index contributed by atoms with van der Waals surface area (Å²) < 4.78 is 1.74. The molecule has 113 valence electrons. The summed E-state index contributed by atoms with van der Waals surface area (Å²) in [6, 6.07) is 8.48. The number of rotatable bonds is 4. The summed E-state index contributed by atoms with van der Waals surface area (Å²) >= 11 is 0. The fourth-order valence-electron chi connectivity index (χ4n) is 2.65. The van der Waals surface area contributed by atoms with Gasteiger partial charge in [0.15, 0.2) is 5.65 Å². The van der Waals surface area contributed by atoms with Crippen LogP contribution in [0.4, 0.5) is 5.82 Å². The second kappa shape index (κ2) is 5.75. The molecule has 2 N–H and O–H groups in total. The molecular formula is C17H20N5. The van der Waals surface area contributed by atoms with E-state index < -0.39 is 0 Å². The number of benzene rings is 1. The molecule has 0 amide bonds. The Morgan fingerprint density at radius 3 is 2.55 bits per heavy atom. The standard InChI is InChI=1S/C17H20N5/c1-4-22-17-14(16(18)19-10-20-17)15(21-22)13-7-5-12(6-8-13)9-11(2)3/h4-8,10-11H,9H2,1-3H3,(H2,18,19,20). The van der Waals surface area contributed by atoms with Gasteiger partial charge in [-0.25, -0.2) is 14.6 Å². The molecule has 5 nitrogen and oxygen atoms in total. The Morgan fingerprint density at radius 2 is 1.91 bits per heavy atom. The van der Waals surface area contributed by atoms with Crippen molar-refractivity contribution in [2.45, 2.75) is 27.2 Å². The van der Waals surface area contributed by atoms with Gasteiger partial charge in [0.05, 0.1) is 11.9 Å². The van der Waals surface area contributed by atoms with E-state index in [-0.39, 0.29) is 0 Å². The summed E-state index contributed by atoms with van der Waals surface area (Å²) in [5.41, 5.74) is 9.95. The van der Waals surface area contributed by atoms with E-state index in [1.165, 1.54) is 11.9 Å². The fourth-order valence-corrected chi connectivity index (χ4v) is 2.65. The van der Waals surface area contributed by atoms with Gasteiger partial charge in [0.2, 0.25) is 0 Å². The molecule has 5 heteroatoms. The third-order valence-electron chi connectivity index (χ3n) is 3.63. The number of nitrogens with zero attached hydrogens (tertiary/aromatic N) is 4. The zero-order valence-electron chi connectivity index (χ0n) is 13.1. The first-order valence-corrected chi connectivity index (χ1v) is 7.47. The van der Waals surface area contributed by atoms with Gasteiger partial charge in [0, 0.05) is 5.56 Å². The Hall–Kier alpha value is -2.43. The minimum atomic E-state index is 0.458. The molecule has 0 aliphatic rings. The topological polar surface area (TPSA) is 69.6 Å². The van der Waals surface area contributed by atoms with Crippen LogP contribution >= 0.6 is 0 Å². The van der Waals surface area contributed by atoms with Crippen LogP contribution in [0.2, 0.25) is 0 Å². The molecule has 2 aromatic heterocycles. The van der Waals surface area contributed by atoms with Crippen LogP contribution in [-0.4, -0.2) is 19.7 Å². The number of nitrogen functional groups attached to an aromatic ring is 1. The minimum Gasteiger partial charge on any atom is -0.383 e. The predicted molar refractivity (Wildman–Crippen MR) is 89.1 cm³/mol. The van der Waals surface area contributed by atoms with Crippen LogP contribution < -0.4 is 5.73 Å². The van der Waals surface area contributed by atoms with Crippen LogP contribution in [0, 0.1) is 12.5 Å². The van der Waals surface area contributed by atoms with E-state index in [0.29, 0.717) is 11.7 Å². The Morgan fingerprint density at radius 1 is 1.18 bits per heavy atom. The van der Waals surface area contributed by atoms with Crippen molar-refractivity contribution in [3.05, 3.63) is 42.7 Å². The van der Waals surface area contributed by atoms with E-state index >= 15 is 0 Å². The van der Waals surface area contributed by atoms with Crippen molar-refractivity contribution in [2.75, 3.05) is 5.73 Å². The van der Waals surface area contributed by atoms with Gasteiger partial charge in [0.1, 0.15) is 17.8 Å². The van der Waals surface area contributed by atoms with Gasteiger partial charge in [-0.3, -0.25) is 0 Å². The molecule has 2 heterocycles.